The molecular formula is C22H18FN5O. The third-order valence-corrected chi connectivity index (χ3v) is 4.39. The van der Waals surface area contributed by atoms with E-state index in [1.165, 1.54) is 16.8 Å². The molecule has 2 aromatic carbocycles. The quantitative estimate of drug-likeness (QED) is 0.565. The summed E-state index contributed by atoms with van der Waals surface area (Å²) in [7, 11) is 0. The minimum absolute atomic E-state index is 0.183. The molecule has 0 radical (unpaired) electrons. The van der Waals surface area contributed by atoms with Crippen LogP contribution >= 0.6 is 0 Å². The van der Waals surface area contributed by atoms with E-state index in [0.29, 0.717) is 22.8 Å². The van der Waals surface area contributed by atoms with Gasteiger partial charge in [0.25, 0.3) is 5.91 Å². The van der Waals surface area contributed by atoms with Crippen molar-refractivity contribution in [2.24, 2.45) is 0 Å². The molecule has 2 heterocycles. The van der Waals surface area contributed by atoms with E-state index < -0.39 is 5.82 Å². The molecule has 0 aliphatic rings. The topological polar surface area (TPSA) is 72.7 Å². The third-order valence-electron chi connectivity index (χ3n) is 4.39. The van der Waals surface area contributed by atoms with E-state index in [4.69, 9.17) is 0 Å². The highest BCUT2D eigenvalue weighted by Gasteiger charge is 2.18. The zero-order valence-corrected chi connectivity index (χ0v) is 15.9. The Morgan fingerprint density at radius 3 is 2.52 bits per heavy atom. The van der Waals surface area contributed by atoms with Gasteiger partial charge in [0, 0.05) is 11.3 Å². The minimum atomic E-state index is -0.413. The van der Waals surface area contributed by atoms with Gasteiger partial charge in [-0.2, -0.15) is 9.67 Å². The number of aromatic nitrogens is 4. The van der Waals surface area contributed by atoms with Gasteiger partial charge in [-0.25, -0.2) is 9.37 Å². The van der Waals surface area contributed by atoms with Crippen LogP contribution < -0.4 is 5.32 Å². The fourth-order valence-corrected chi connectivity index (χ4v) is 2.95. The van der Waals surface area contributed by atoms with Crippen LogP contribution in [0.25, 0.3) is 17.2 Å². The number of carbonyl (C=O) groups excluding carboxylic acids is 1. The number of nitrogens with one attached hydrogen (secondary N) is 1. The zero-order chi connectivity index (χ0) is 20.4. The van der Waals surface area contributed by atoms with Crippen molar-refractivity contribution in [3.05, 3.63) is 89.4 Å². The molecule has 0 aliphatic heterocycles. The van der Waals surface area contributed by atoms with Gasteiger partial charge in [0.2, 0.25) is 11.8 Å². The Bertz CT molecular complexity index is 1200. The fourth-order valence-electron chi connectivity index (χ4n) is 2.95. The van der Waals surface area contributed by atoms with Crippen LogP contribution in [0, 0.1) is 19.7 Å². The number of hydrogen-bond acceptors (Lipinski definition) is 4. The number of anilines is 1. The molecule has 0 fully saturated rings. The molecule has 0 bridgehead atoms. The molecule has 0 aliphatic carbocycles. The highest BCUT2D eigenvalue weighted by atomic mass is 19.1. The molecule has 29 heavy (non-hydrogen) atoms. The van der Waals surface area contributed by atoms with Crippen molar-refractivity contribution in [3.8, 4) is 17.2 Å². The van der Waals surface area contributed by atoms with Gasteiger partial charge in [0.1, 0.15) is 11.5 Å². The number of carbonyl (C=O) groups is 1. The zero-order valence-electron chi connectivity index (χ0n) is 15.9. The summed E-state index contributed by atoms with van der Waals surface area (Å²) in [6.07, 6.45) is 0. The Morgan fingerprint density at radius 1 is 0.966 bits per heavy atom. The Labute approximate surface area is 167 Å². The van der Waals surface area contributed by atoms with E-state index in [-0.39, 0.29) is 11.9 Å². The molecule has 4 rings (SSSR count). The van der Waals surface area contributed by atoms with Crippen molar-refractivity contribution in [1.29, 1.82) is 0 Å². The average molecular weight is 387 g/mol. The third kappa shape index (κ3) is 3.89. The van der Waals surface area contributed by atoms with E-state index in [1.54, 1.807) is 30.3 Å². The van der Waals surface area contributed by atoms with Crippen LogP contribution in [0.2, 0.25) is 0 Å². The molecule has 1 amide bonds. The van der Waals surface area contributed by atoms with E-state index in [9.17, 15) is 9.18 Å². The molecule has 7 heteroatoms. The van der Waals surface area contributed by atoms with Crippen LogP contribution in [0.15, 0.2) is 66.7 Å². The van der Waals surface area contributed by atoms with E-state index in [2.05, 4.69) is 20.4 Å². The highest BCUT2D eigenvalue weighted by Crippen LogP contribution is 2.21. The summed E-state index contributed by atoms with van der Waals surface area (Å²) in [5, 5.41) is 7.25. The molecule has 1 N–H and O–H groups in total. The first kappa shape index (κ1) is 18.5. The van der Waals surface area contributed by atoms with Crippen molar-refractivity contribution in [3.63, 3.8) is 0 Å². The van der Waals surface area contributed by atoms with Crippen LogP contribution in [0.3, 0.4) is 0 Å². The Kier molecular flexibility index (Phi) is 4.87. The van der Waals surface area contributed by atoms with Crippen molar-refractivity contribution in [2.75, 3.05) is 5.32 Å². The molecule has 6 nitrogen and oxygen atoms in total. The first-order chi connectivity index (χ1) is 14.0. The number of nitrogens with zero attached hydrogens (tertiary/aromatic N) is 4. The van der Waals surface area contributed by atoms with Crippen molar-refractivity contribution >= 4 is 11.9 Å². The number of rotatable bonds is 4. The number of halogens is 1. The van der Waals surface area contributed by atoms with Crippen LogP contribution in [-0.2, 0) is 0 Å². The molecule has 0 saturated carbocycles. The second kappa shape index (κ2) is 7.63. The van der Waals surface area contributed by atoms with E-state index in [1.807, 2.05) is 38.1 Å². The highest BCUT2D eigenvalue weighted by molar-refractivity contribution is 6.04. The maximum atomic E-state index is 13.8. The molecule has 0 saturated heterocycles. The SMILES string of the molecule is Cc1cccc(-c2nc(NC(=O)c3ccccc3C)n(-c3cccc(F)c3)n2)n1. The second-order valence-corrected chi connectivity index (χ2v) is 6.58. The van der Waals surface area contributed by atoms with Gasteiger partial charge < -0.3 is 0 Å². The number of pyridine rings is 1. The summed E-state index contributed by atoms with van der Waals surface area (Å²) in [6, 6.07) is 18.7. The summed E-state index contributed by atoms with van der Waals surface area (Å²) < 4.78 is 15.2. The Hall–Kier alpha value is -3.87. The van der Waals surface area contributed by atoms with Gasteiger partial charge >= 0.3 is 0 Å². The maximum absolute atomic E-state index is 13.8. The predicted molar refractivity (Wildman–Crippen MR) is 108 cm³/mol. The lowest BCUT2D eigenvalue weighted by atomic mass is 10.1. The summed E-state index contributed by atoms with van der Waals surface area (Å²) in [4.78, 5) is 21.7. The van der Waals surface area contributed by atoms with Gasteiger partial charge in [0.05, 0.1) is 5.69 Å². The van der Waals surface area contributed by atoms with Crippen LogP contribution in [0.5, 0.6) is 0 Å². The minimum Gasteiger partial charge on any atom is -0.290 e. The number of hydrogen-bond donors (Lipinski definition) is 1. The molecule has 0 spiro atoms. The summed E-state index contributed by atoms with van der Waals surface area (Å²) >= 11 is 0. The molecule has 4 aromatic rings. The van der Waals surface area contributed by atoms with E-state index in [0.717, 1.165) is 11.3 Å². The molecular weight excluding hydrogens is 369 g/mol. The summed E-state index contributed by atoms with van der Waals surface area (Å²) in [5.74, 6) is -0.221. The maximum Gasteiger partial charge on any atom is 0.258 e. The average Bonchev–Trinajstić information content (AvgIpc) is 3.12. The van der Waals surface area contributed by atoms with Crippen LogP contribution in [0.1, 0.15) is 21.6 Å². The van der Waals surface area contributed by atoms with Gasteiger partial charge in [-0.3, -0.25) is 10.1 Å². The number of benzene rings is 2. The lowest BCUT2D eigenvalue weighted by Crippen LogP contribution is -2.17. The van der Waals surface area contributed by atoms with Gasteiger partial charge in [-0.1, -0.05) is 30.3 Å². The standard InChI is InChI=1S/C22H18FN5O/c1-14-7-3-4-11-18(14)21(29)26-22-25-20(19-12-5-8-15(2)24-19)27-28(22)17-10-6-9-16(23)13-17/h3-13H,1-2H3,(H,25,26,27,29). The number of amides is 1. The fraction of sp³-hybridized carbons (Fsp3) is 0.0909. The molecule has 144 valence electrons. The lowest BCUT2D eigenvalue weighted by Gasteiger charge is -2.08. The monoisotopic (exact) mass is 387 g/mol. The van der Waals surface area contributed by atoms with Gasteiger partial charge in [0.15, 0.2) is 0 Å². The Balaban J connectivity index is 1.79. The van der Waals surface area contributed by atoms with Crippen molar-refractivity contribution in [1.82, 2.24) is 19.7 Å². The van der Waals surface area contributed by atoms with E-state index >= 15 is 0 Å². The second-order valence-electron chi connectivity index (χ2n) is 6.58. The van der Waals surface area contributed by atoms with Gasteiger partial charge in [-0.05, 0) is 55.8 Å². The molecule has 2 aromatic heterocycles. The Morgan fingerprint density at radius 2 is 1.76 bits per heavy atom. The summed E-state index contributed by atoms with van der Waals surface area (Å²) in [6.45, 7) is 3.72. The van der Waals surface area contributed by atoms with Gasteiger partial charge in [-0.15, -0.1) is 5.10 Å². The smallest absolute Gasteiger partial charge is 0.258 e. The summed E-state index contributed by atoms with van der Waals surface area (Å²) in [5.41, 5.74) is 3.18. The lowest BCUT2D eigenvalue weighted by molar-refractivity contribution is 0.102. The first-order valence-electron chi connectivity index (χ1n) is 9.05. The predicted octanol–water partition coefficient (Wildman–Crippen LogP) is 4.34. The molecule has 0 unspecified atom stereocenters. The van der Waals surface area contributed by atoms with Crippen LogP contribution in [-0.4, -0.2) is 25.7 Å². The number of aryl methyl sites for hydroxylation is 2. The normalized spacial score (nSPS) is 10.7. The van der Waals surface area contributed by atoms with Crippen LogP contribution in [0.4, 0.5) is 10.3 Å². The van der Waals surface area contributed by atoms with Crippen molar-refractivity contribution in [2.45, 2.75) is 13.8 Å². The van der Waals surface area contributed by atoms with Crippen molar-refractivity contribution < 1.29 is 9.18 Å². The first-order valence-corrected chi connectivity index (χ1v) is 9.05. The molecule has 0 atom stereocenters. The largest absolute Gasteiger partial charge is 0.290 e.